The molecule has 0 aliphatic heterocycles. The van der Waals surface area contributed by atoms with Crippen LogP contribution in [0, 0.1) is 13.8 Å². The number of likely N-dealkylation sites (N-methyl/N-ethyl adjacent to an activating group) is 1. The number of hydrogen-bond donors (Lipinski definition) is 1. The van der Waals surface area contributed by atoms with Crippen LogP contribution in [0.5, 0.6) is 0 Å². The number of hydrogen-bond acceptors (Lipinski definition) is 3. The molecule has 0 spiro atoms. The molecule has 0 saturated heterocycles. The number of nitrogens with zero attached hydrogens (tertiary/aromatic N) is 1. The predicted molar refractivity (Wildman–Crippen MR) is 78.1 cm³/mol. The Morgan fingerprint density at radius 1 is 1.18 bits per heavy atom. The summed E-state index contributed by atoms with van der Waals surface area (Å²) in [6, 6.07) is 6.66. The molecule has 0 heterocycles. The molecule has 0 saturated carbocycles. The maximum absolute atomic E-state index is 3.46. The summed E-state index contributed by atoms with van der Waals surface area (Å²) in [5.74, 6) is 1.14. The van der Waals surface area contributed by atoms with Crippen LogP contribution in [0.2, 0.25) is 0 Å². The largest absolute Gasteiger partial charge is 0.315 e. The Morgan fingerprint density at radius 3 is 2.65 bits per heavy atom. The van der Waals surface area contributed by atoms with Crippen molar-refractivity contribution in [2.24, 2.45) is 0 Å². The van der Waals surface area contributed by atoms with E-state index in [2.05, 4.69) is 56.4 Å². The Labute approximate surface area is 110 Å². The Hall–Kier alpha value is -0.510. The Balaban J connectivity index is 2.20. The average molecular weight is 252 g/mol. The number of benzene rings is 1. The zero-order chi connectivity index (χ0) is 12.7. The molecule has 1 aromatic rings. The second-order valence-corrected chi connectivity index (χ2v) is 5.81. The van der Waals surface area contributed by atoms with E-state index in [4.69, 9.17) is 0 Å². The maximum Gasteiger partial charge on any atom is 0.0106 e. The second kappa shape index (κ2) is 7.75. The van der Waals surface area contributed by atoms with E-state index in [9.17, 15) is 0 Å². The van der Waals surface area contributed by atoms with Crippen molar-refractivity contribution >= 4 is 11.8 Å². The van der Waals surface area contributed by atoms with Gasteiger partial charge < -0.3 is 10.2 Å². The molecule has 17 heavy (non-hydrogen) atoms. The van der Waals surface area contributed by atoms with Crippen molar-refractivity contribution in [2.75, 3.05) is 39.5 Å². The standard InChI is InChI=1S/C14H24N2S/c1-12-5-6-13(2)14(11-12)17-10-8-15-7-9-16(3)4/h5-6,11,15H,7-10H2,1-4H3. The van der Waals surface area contributed by atoms with E-state index in [1.54, 1.807) is 0 Å². The molecule has 0 aromatic heterocycles. The zero-order valence-corrected chi connectivity index (χ0v) is 12.2. The van der Waals surface area contributed by atoms with Crippen LogP contribution in [0.1, 0.15) is 11.1 Å². The summed E-state index contributed by atoms with van der Waals surface area (Å²) in [5, 5.41) is 3.46. The lowest BCUT2D eigenvalue weighted by molar-refractivity contribution is 0.403. The number of thioether (sulfide) groups is 1. The molecular weight excluding hydrogens is 228 g/mol. The average Bonchev–Trinajstić information content (AvgIpc) is 2.27. The molecule has 1 aromatic carbocycles. The summed E-state index contributed by atoms with van der Waals surface area (Å²) in [7, 11) is 4.21. The Morgan fingerprint density at radius 2 is 1.94 bits per heavy atom. The summed E-state index contributed by atoms with van der Waals surface area (Å²) >= 11 is 1.94. The van der Waals surface area contributed by atoms with Crippen molar-refractivity contribution in [3.8, 4) is 0 Å². The van der Waals surface area contributed by atoms with Crippen molar-refractivity contribution in [2.45, 2.75) is 18.7 Å². The molecule has 0 bridgehead atoms. The molecule has 0 amide bonds. The highest BCUT2D eigenvalue weighted by atomic mass is 32.2. The normalized spacial score (nSPS) is 11.1. The van der Waals surface area contributed by atoms with E-state index in [0.29, 0.717) is 0 Å². The van der Waals surface area contributed by atoms with Crippen molar-refractivity contribution in [1.82, 2.24) is 10.2 Å². The van der Waals surface area contributed by atoms with Gasteiger partial charge in [0.1, 0.15) is 0 Å². The highest BCUT2D eigenvalue weighted by Crippen LogP contribution is 2.22. The number of rotatable bonds is 7. The van der Waals surface area contributed by atoms with E-state index >= 15 is 0 Å². The van der Waals surface area contributed by atoms with Crippen LogP contribution in [0.15, 0.2) is 23.1 Å². The summed E-state index contributed by atoms with van der Waals surface area (Å²) in [6.07, 6.45) is 0. The number of nitrogens with one attached hydrogen (secondary N) is 1. The smallest absolute Gasteiger partial charge is 0.0106 e. The van der Waals surface area contributed by atoms with Crippen LogP contribution in [0.25, 0.3) is 0 Å². The van der Waals surface area contributed by atoms with E-state index in [1.807, 2.05) is 11.8 Å². The van der Waals surface area contributed by atoms with Crippen LogP contribution in [0.3, 0.4) is 0 Å². The van der Waals surface area contributed by atoms with Gasteiger partial charge in [0.15, 0.2) is 0 Å². The Kier molecular flexibility index (Phi) is 6.63. The van der Waals surface area contributed by atoms with E-state index < -0.39 is 0 Å². The first-order chi connectivity index (χ1) is 8.09. The molecule has 0 atom stereocenters. The number of aryl methyl sites for hydroxylation is 2. The molecule has 96 valence electrons. The van der Waals surface area contributed by atoms with Crippen LogP contribution >= 0.6 is 11.8 Å². The Bertz CT molecular complexity index is 337. The summed E-state index contributed by atoms with van der Waals surface area (Å²) < 4.78 is 0. The third kappa shape index (κ3) is 6.10. The minimum Gasteiger partial charge on any atom is -0.315 e. The monoisotopic (exact) mass is 252 g/mol. The minimum absolute atomic E-state index is 1.07. The molecule has 0 aliphatic carbocycles. The van der Waals surface area contributed by atoms with Crippen LogP contribution in [-0.2, 0) is 0 Å². The van der Waals surface area contributed by atoms with Crippen LogP contribution in [-0.4, -0.2) is 44.4 Å². The van der Waals surface area contributed by atoms with Gasteiger partial charge in [-0.25, -0.2) is 0 Å². The molecule has 1 N–H and O–H groups in total. The van der Waals surface area contributed by atoms with Crippen molar-refractivity contribution in [3.63, 3.8) is 0 Å². The van der Waals surface area contributed by atoms with Gasteiger partial charge >= 0.3 is 0 Å². The predicted octanol–water partition coefficient (Wildman–Crippen LogP) is 2.55. The van der Waals surface area contributed by atoms with Gasteiger partial charge in [0.2, 0.25) is 0 Å². The molecular formula is C14H24N2S. The maximum atomic E-state index is 3.46. The quantitative estimate of drug-likeness (QED) is 0.593. The van der Waals surface area contributed by atoms with Crippen molar-refractivity contribution < 1.29 is 0 Å². The van der Waals surface area contributed by atoms with Crippen LogP contribution in [0.4, 0.5) is 0 Å². The minimum atomic E-state index is 1.07. The lowest BCUT2D eigenvalue weighted by atomic mass is 10.2. The lowest BCUT2D eigenvalue weighted by Crippen LogP contribution is -2.27. The van der Waals surface area contributed by atoms with E-state index in [-0.39, 0.29) is 0 Å². The van der Waals surface area contributed by atoms with Gasteiger partial charge in [0, 0.05) is 30.3 Å². The first-order valence-corrected chi connectivity index (χ1v) is 7.13. The van der Waals surface area contributed by atoms with E-state index in [0.717, 1.165) is 25.4 Å². The lowest BCUT2D eigenvalue weighted by Gasteiger charge is -2.10. The molecule has 0 aliphatic rings. The van der Waals surface area contributed by atoms with Gasteiger partial charge in [-0.05, 0) is 39.6 Å². The molecule has 0 radical (unpaired) electrons. The fourth-order valence-corrected chi connectivity index (χ4v) is 2.55. The topological polar surface area (TPSA) is 15.3 Å². The third-order valence-corrected chi connectivity index (χ3v) is 3.77. The van der Waals surface area contributed by atoms with E-state index in [1.165, 1.54) is 16.0 Å². The zero-order valence-electron chi connectivity index (χ0n) is 11.4. The van der Waals surface area contributed by atoms with Gasteiger partial charge in [-0.1, -0.05) is 17.7 Å². The molecule has 0 fully saturated rings. The van der Waals surface area contributed by atoms with Gasteiger partial charge in [-0.15, -0.1) is 11.8 Å². The SMILES string of the molecule is Cc1ccc(C)c(SCCNCCN(C)C)c1. The fourth-order valence-electron chi connectivity index (χ4n) is 1.52. The summed E-state index contributed by atoms with van der Waals surface area (Å²) in [5.41, 5.74) is 2.73. The first-order valence-electron chi connectivity index (χ1n) is 6.15. The summed E-state index contributed by atoms with van der Waals surface area (Å²) in [6.45, 7) is 7.58. The van der Waals surface area contributed by atoms with Gasteiger partial charge in [-0.2, -0.15) is 0 Å². The van der Waals surface area contributed by atoms with Gasteiger partial charge in [0.25, 0.3) is 0 Å². The van der Waals surface area contributed by atoms with Gasteiger partial charge in [0.05, 0.1) is 0 Å². The molecule has 2 nitrogen and oxygen atoms in total. The second-order valence-electron chi connectivity index (χ2n) is 4.67. The molecule has 3 heteroatoms. The summed E-state index contributed by atoms with van der Waals surface area (Å²) in [4.78, 5) is 3.62. The van der Waals surface area contributed by atoms with Crippen molar-refractivity contribution in [1.29, 1.82) is 0 Å². The fraction of sp³-hybridized carbons (Fsp3) is 0.571. The highest BCUT2D eigenvalue weighted by Gasteiger charge is 1.99. The van der Waals surface area contributed by atoms with Gasteiger partial charge in [-0.3, -0.25) is 0 Å². The highest BCUT2D eigenvalue weighted by molar-refractivity contribution is 7.99. The first kappa shape index (κ1) is 14.6. The molecule has 1 rings (SSSR count). The third-order valence-electron chi connectivity index (χ3n) is 2.62. The van der Waals surface area contributed by atoms with Crippen LogP contribution < -0.4 is 5.32 Å². The van der Waals surface area contributed by atoms with Crippen molar-refractivity contribution in [3.05, 3.63) is 29.3 Å². The molecule has 0 unspecified atom stereocenters.